The van der Waals surface area contributed by atoms with Crippen LogP contribution in [-0.4, -0.2) is 24.1 Å². The molecule has 0 saturated carbocycles. The van der Waals surface area contributed by atoms with Crippen molar-refractivity contribution < 1.29 is 0 Å². The van der Waals surface area contributed by atoms with Crippen molar-refractivity contribution in [3.05, 3.63) is 45.3 Å². The van der Waals surface area contributed by atoms with Gasteiger partial charge in [-0.05, 0) is 40.2 Å². The average Bonchev–Trinajstić information content (AvgIpc) is 3.05. The van der Waals surface area contributed by atoms with Gasteiger partial charge >= 0.3 is 0 Å². The van der Waals surface area contributed by atoms with Crippen molar-refractivity contribution >= 4 is 33.2 Å². The first-order valence-corrected chi connectivity index (χ1v) is 7.68. The minimum absolute atomic E-state index is 0.791. The van der Waals surface area contributed by atoms with E-state index in [1.807, 2.05) is 12.1 Å². The van der Waals surface area contributed by atoms with Gasteiger partial charge in [0.2, 0.25) is 0 Å². The molecular formula is C13H17BrN4S. The molecule has 0 unspecified atom stereocenters. The van der Waals surface area contributed by atoms with Gasteiger partial charge < -0.3 is 15.2 Å². The van der Waals surface area contributed by atoms with Crippen LogP contribution < -0.4 is 10.6 Å². The summed E-state index contributed by atoms with van der Waals surface area (Å²) in [4.78, 5) is 5.48. The third-order valence-electron chi connectivity index (χ3n) is 2.61. The van der Waals surface area contributed by atoms with Crippen LogP contribution in [0.25, 0.3) is 0 Å². The highest BCUT2D eigenvalue weighted by Crippen LogP contribution is 2.21. The molecule has 19 heavy (non-hydrogen) atoms. The van der Waals surface area contributed by atoms with Crippen LogP contribution in [0.5, 0.6) is 0 Å². The summed E-state index contributed by atoms with van der Waals surface area (Å²) in [6, 6.07) is 8.22. The largest absolute Gasteiger partial charge is 0.355 e. The van der Waals surface area contributed by atoms with Crippen molar-refractivity contribution in [2.24, 2.45) is 4.99 Å². The molecule has 2 N–H and O–H groups in total. The number of thiophene rings is 1. The van der Waals surface area contributed by atoms with Crippen LogP contribution in [0.1, 0.15) is 4.88 Å². The van der Waals surface area contributed by atoms with Crippen LogP contribution in [0, 0.1) is 0 Å². The van der Waals surface area contributed by atoms with Gasteiger partial charge in [0.25, 0.3) is 0 Å². The Bertz CT molecular complexity index is 518. The average molecular weight is 341 g/mol. The molecule has 0 fully saturated rings. The standard InChI is InChI=1S/C13H17BrN4S/c1-15-13(16-6-9-18-7-2-3-8-18)17-10-11-4-5-12(14)19-11/h2-5,7-8H,6,9-10H2,1H3,(H2,15,16,17). The molecule has 0 amide bonds. The summed E-state index contributed by atoms with van der Waals surface area (Å²) >= 11 is 5.19. The molecule has 0 atom stereocenters. The van der Waals surface area contributed by atoms with E-state index in [0.717, 1.165) is 29.4 Å². The second-order valence-electron chi connectivity index (χ2n) is 3.98. The van der Waals surface area contributed by atoms with E-state index in [9.17, 15) is 0 Å². The Kier molecular flexibility index (Phi) is 5.47. The van der Waals surface area contributed by atoms with Gasteiger partial charge in [-0.1, -0.05) is 0 Å². The van der Waals surface area contributed by atoms with Crippen molar-refractivity contribution in [2.45, 2.75) is 13.1 Å². The first-order chi connectivity index (χ1) is 9.28. The molecule has 0 aliphatic heterocycles. The maximum absolute atomic E-state index is 4.21. The number of rotatable bonds is 5. The van der Waals surface area contributed by atoms with Crippen molar-refractivity contribution in [1.29, 1.82) is 0 Å². The van der Waals surface area contributed by atoms with Crippen LogP contribution in [-0.2, 0) is 13.1 Å². The second-order valence-corrected chi connectivity index (χ2v) is 6.53. The summed E-state index contributed by atoms with van der Waals surface area (Å²) in [5.74, 6) is 0.830. The molecule has 0 spiro atoms. The van der Waals surface area contributed by atoms with Crippen molar-refractivity contribution in [2.75, 3.05) is 13.6 Å². The summed E-state index contributed by atoms with van der Waals surface area (Å²) in [6.45, 7) is 2.57. The second kappa shape index (κ2) is 7.35. The highest BCUT2D eigenvalue weighted by Gasteiger charge is 2.00. The predicted octanol–water partition coefficient (Wildman–Crippen LogP) is 2.68. The third-order valence-corrected chi connectivity index (χ3v) is 4.23. The van der Waals surface area contributed by atoms with Crippen LogP contribution in [0.2, 0.25) is 0 Å². The number of guanidine groups is 1. The first-order valence-electron chi connectivity index (χ1n) is 6.07. The smallest absolute Gasteiger partial charge is 0.191 e. The van der Waals surface area contributed by atoms with E-state index in [-0.39, 0.29) is 0 Å². The Hall–Kier alpha value is -1.27. The number of halogens is 1. The molecule has 2 rings (SSSR count). The Balaban J connectivity index is 1.71. The minimum Gasteiger partial charge on any atom is -0.355 e. The highest BCUT2D eigenvalue weighted by molar-refractivity contribution is 9.11. The topological polar surface area (TPSA) is 41.4 Å². The molecule has 102 valence electrons. The van der Waals surface area contributed by atoms with E-state index in [1.165, 1.54) is 4.88 Å². The van der Waals surface area contributed by atoms with E-state index in [1.54, 1.807) is 18.4 Å². The van der Waals surface area contributed by atoms with Gasteiger partial charge in [0.15, 0.2) is 5.96 Å². The zero-order chi connectivity index (χ0) is 13.5. The van der Waals surface area contributed by atoms with Gasteiger partial charge in [0.05, 0.1) is 10.3 Å². The molecular weight excluding hydrogens is 324 g/mol. The van der Waals surface area contributed by atoms with Gasteiger partial charge in [-0.2, -0.15) is 0 Å². The predicted molar refractivity (Wildman–Crippen MR) is 84.7 cm³/mol. The Morgan fingerprint density at radius 1 is 1.32 bits per heavy atom. The number of nitrogens with zero attached hydrogens (tertiary/aromatic N) is 2. The van der Waals surface area contributed by atoms with E-state index < -0.39 is 0 Å². The summed E-state index contributed by atoms with van der Waals surface area (Å²) in [7, 11) is 1.79. The van der Waals surface area contributed by atoms with Gasteiger partial charge in [-0.3, -0.25) is 4.99 Å². The van der Waals surface area contributed by atoms with Crippen molar-refractivity contribution in [3.63, 3.8) is 0 Å². The Morgan fingerprint density at radius 3 is 2.74 bits per heavy atom. The molecule has 0 aliphatic rings. The fourth-order valence-corrected chi connectivity index (χ4v) is 3.08. The van der Waals surface area contributed by atoms with E-state index >= 15 is 0 Å². The van der Waals surface area contributed by atoms with Gasteiger partial charge in [0, 0.05) is 37.4 Å². The monoisotopic (exact) mass is 340 g/mol. The lowest BCUT2D eigenvalue weighted by atomic mass is 10.4. The van der Waals surface area contributed by atoms with Crippen LogP contribution in [0.15, 0.2) is 45.4 Å². The third kappa shape index (κ3) is 4.72. The molecule has 0 aromatic carbocycles. The number of hydrogen-bond acceptors (Lipinski definition) is 2. The van der Waals surface area contributed by atoms with E-state index in [4.69, 9.17) is 0 Å². The first kappa shape index (κ1) is 14.1. The molecule has 6 heteroatoms. The van der Waals surface area contributed by atoms with Crippen molar-refractivity contribution in [3.8, 4) is 0 Å². The van der Waals surface area contributed by atoms with Gasteiger partial charge in [-0.15, -0.1) is 11.3 Å². The highest BCUT2D eigenvalue weighted by atomic mass is 79.9. The lowest BCUT2D eigenvalue weighted by Crippen LogP contribution is -2.38. The molecule has 2 heterocycles. The minimum atomic E-state index is 0.791. The maximum Gasteiger partial charge on any atom is 0.191 e. The maximum atomic E-state index is 4.21. The van der Waals surface area contributed by atoms with Crippen LogP contribution in [0.4, 0.5) is 0 Å². The Morgan fingerprint density at radius 2 is 2.11 bits per heavy atom. The quantitative estimate of drug-likeness (QED) is 0.649. The SMILES string of the molecule is CN=C(NCCn1cccc1)NCc1ccc(Br)s1. The molecule has 2 aromatic heterocycles. The van der Waals surface area contributed by atoms with Gasteiger partial charge in [-0.25, -0.2) is 0 Å². The van der Waals surface area contributed by atoms with Gasteiger partial charge in [0.1, 0.15) is 0 Å². The lowest BCUT2D eigenvalue weighted by Gasteiger charge is -2.11. The molecule has 0 radical (unpaired) electrons. The molecule has 0 saturated heterocycles. The number of nitrogens with one attached hydrogen (secondary N) is 2. The summed E-state index contributed by atoms with van der Waals surface area (Å²) < 4.78 is 3.29. The van der Waals surface area contributed by atoms with Crippen LogP contribution in [0.3, 0.4) is 0 Å². The van der Waals surface area contributed by atoms with E-state index in [0.29, 0.717) is 0 Å². The molecule has 0 bridgehead atoms. The van der Waals surface area contributed by atoms with Crippen molar-refractivity contribution in [1.82, 2.24) is 15.2 Å². The fourth-order valence-electron chi connectivity index (χ4n) is 1.66. The van der Waals surface area contributed by atoms with Crippen LogP contribution >= 0.6 is 27.3 Å². The number of aliphatic imine (C=N–C) groups is 1. The summed E-state index contributed by atoms with van der Waals surface area (Å²) in [6.07, 6.45) is 4.11. The zero-order valence-corrected chi connectivity index (χ0v) is 13.2. The normalized spacial score (nSPS) is 11.6. The summed E-state index contributed by atoms with van der Waals surface area (Å²) in [5.41, 5.74) is 0. The molecule has 2 aromatic rings. The number of hydrogen-bond donors (Lipinski definition) is 2. The fraction of sp³-hybridized carbons (Fsp3) is 0.308. The number of aromatic nitrogens is 1. The van der Waals surface area contributed by atoms with E-state index in [2.05, 4.69) is 60.6 Å². The molecule has 4 nitrogen and oxygen atoms in total. The summed E-state index contributed by atoms with van der Waals surface area (Å²) in [5, 5.41) is 6.59. The lowest BCUT2D eigenvalue weighted by molar-refractivity contribution is 0.666. The zero-order valence-electron chi connectivity index (χ0n) is 10.8. The molecule has 0 aliphatic carbocycles. The Labute approximate surface area is 125 Å².